The summed E-state index contributed by atoms with van der Waals surface area (Å²) in [6.07, 6.45) is 0. The largest absolute Gasteiger partial charge is 0.478 e. The molecule has 0 spiro atoms. The van der Waals surface area contributed by atoms with Crippen LogP contribution in [0.15, 0.2) is 27.5 Å². The number of aromatic carboxylic acids is 1. The molecule has 1 heterocycles. The van der Waals surface area contributed by atoms with Crippen molar-refractivity contribution in [3.63, 3.8) is 0 Å². The fraction of sp³-hybridized carbons (Fsp3) is 0.200. The highest BCUT2D eigenvalue weighted by Crippen LogP contribution is 2.16. The minimum Gasteiger partial charge on any atom is -0.478 e. The molecule has 0 saturated heterocycles. The van der Waals surface area contributed by atoms with Crippen molar-refractivity contribution in [2.75, 3.05) is 0 Å². The Balaban J connectivity index is 2.94. The van der Waals surface area contributed by atoms with Crippen LogP contribution in [-0.2, 0) is 6.54 Å². The molecule has 0 radical (unpaired) electrons. The van der Waals surface area contributed by atoms with Gasteiger partial charge in [0, 0.05) is 0 Å². The zero-order valence-corrected chi connectivity index (χ0v) is 8.06. The molecule has 0 fully saturated rings. The van der Waals surface area contributed by atoms with Crippen LogP contribution in [0.1, 0.15) is 17.3 Å². The van der Waals surface area contributed by atoms with Gasteiger partial charge in [0.25, 0.3) is 0 Å². The average Bonchev–Trinajstić information content (AvgIpc) is 2.55. The Morgan fingerprint density at radius 3 is 2.87 bits per heavy atom. The number of nitrogens with zero attached hydrogens (tertiary/aromatic N) is 1. The van der Waals surface area contributed by atoms with Gasteiger partial charge < -0.3 is 9.63 Å². The van der Waals surface area contributed by atoms with E-state index in [-0.39, 0.29) is 5.56 Å². The molecule has 0 unspecified atom stereocenters. The quantitative estimate of drug-likeness (QED) is 0.805. The summed E-state index contributed by atoms with van der Waals surface area (Å²) in [4.78, 5) is 22.3. The van der Waals surface area contributed by atoms with Crippen LogP contribution < -0.4 is 5.63 Å². The van der Waals surface area contributed by atoms with E-state index in [2.05, 4.69) is 0 Å². The van der Waals surface area contributed by atoms with E-state index in [1.807, 2.05) is 0 Å². The van der Waals surface area contributed by atoms with Gasteiger partial charge in [-0.25, -0.2) is 14.3 Å². The second-order valence-corrected chi connectivity index (χ2v) is 3.08. The Labute approximate surface area is 84.5 Å². The monoisotopic (exact) mass is 207 g/mol. The van der Waals surface area contributed by atoms with Gasteiger partial charge in [0.15, 0.2) is 0 Å². The van der Waals surface area contributed by atoms with Crippen LogP contribution in [0, 0.1) is 0 Å². The topological polar surface area (TPSA) is 72.4 Å². The highest BCUT2D eigenvalue weighted by molar-refractivity contribution is 6.01. The van der Waals surface area contributed by atoms with E-state index < -0.39 is 11.6 Å². The first-order chi connectivity index (χ1) is 7.15. The molecule has 15 heavy (non-hydrogen) atoms. The molecular weight excluding hydrogens is 198 g/mol. The number of para-hydroxylation sites is 1. The minimum absolute atomic E-state index is 0.0835. The van der Waals surface area contributed by atoms with Gasteiger partial charge in [-0.2, -0.15) is 0 Å². The van der Waals surface area contributed by atoms with Gasteiger partial charge in [-0.05, 0) is 19.1 Å². The van der Waals surface area contributed by atoms with Crippen molar-refractivity contribution >= 4 is 16.9 Å². The number of benzene rings is 1. The van der Waals surface area contributed by atoms with Crippen LogP contribution in [0.25, 0.3) is 10.9 Å². The normalized spacial score (nSPS) is 10.7. The summed E-state index contributed by atoms with van der Waals surface area (Å²) in [5.41, 5.74) is -0.0762. The molecule has 0 saturated carbocycles. The number of carboxylic acid groups (broad SMARTS) is 1. The first kappa shape index (κ1) is 9.51. The first-order valence-corrected chi connectivity index (χ1v) is 4.51. The van der Waals surface area contributed by atoms with Crippen molar-refractivity contribution in [1.82, 2.24) is 4.74 Å². The van der Waals surface area contributed by atoms with Crippen LogP contribution in [0.5, 0.6) is 0 Å². The molecule has 2 rings (SSSR count). The summed E-state index contributed by atoms with van der Waals surface area (Å²) in [5.74, 6) is -1.07. The Morgan fingerprint density at radius 1 is 1.53 bits per heavy atom. The maximum absolute atomic E-state index is 11.4. The molecule has 5 nitrogen and oxygen atoms in total. The second kappa shape index (κ2) is 3.27. The van der Waals surface area contributed by atoms with Gasteiger partial charge >= 0.3 is 11.6 Å². The fourth-order valence-electron chi connectivity index (χ4n) is 1.57. The summed E-state index contributed by atoms with van der Waals surface area (Å²) in [6, 6.07) is 4.54. The van der Waals surface area contributed by atoms with Crippen LogP contribution in [0.3, 0.4) is 0 Å². The minimum atomic E-state index is -1.07. The first-order valence-electron chi connectivity index (χ1n) is 4.51. The lowest BCUT2D eigenvalue weighted by Crippen LogP contribution is -2.01. The third-order valence-corrected chi connectivity index (χ3v) is 2.22. The van der Waals surface area contributed by atoms with Crippen molar-refractivity contribution in [2.45, 2.75) is 13.5 Å². The summed E-state index contributed by atoms with van der Waals surface area (Å²) in [6.45, 7) is 2.20. The van der Waals surface area contributed by atoms with Crippen LogP contribution >= 0.6 is 0 Å². The van der Waals surface area contributed by atoms with E-state index in [0.717, 1.165) is 0 Å². The Kier molecular flexibility index (Phi) is 2.07. The van der Waals surface area contributed by atoms with Crippen molar-refractivity contribution in [3.05, 3.63) is 34.2 Å². The molecule has 0 amide bonds. The number of hydrogen-bond acceptors (Lipinski definition) is 3. The van der Waals surface area contributed by atoms with E-state index >= 15 is 0 Å². The number of hydrogen-bond donors (Lipinski definition) is 1. The number of aryl methyl sites for hydroxylation is 1. The third-order valence-electron chi connectivity index (χ3n) is 2.22. The zero-order valence-electron chi connectivity index (χ0n) is 8.06. The molecule has 5 heteroatoms. The second-order valence-electron chi connectivity index (χ2n) is 3.08. The maximum atomic E-state index is 11.4. The Bertz CT molecular complexity index is 579. The van der Waals surface area contributed by atoms with E-state index in [1.165, 1.54) is 16.9 Å². The SMILES string of the molecule is CCn1oc(=O)c2cccc(C(=O)O)c21. The smallest absolute Gasteiger partial charge is 0.365 e. The highest BCUT2D eigenvalue weighted by Gasteiger charge is 2.15. The standard InChI is InChI=1S/C10H9NO4/c1-2-11-8-6(9(12)13)4-3-5-7(8)10(14)15-11/h3-5H,2H2,1H3,(H,12,13). The number of aromatic nitrogens is 1. The molecule has 2 aromatic rings. The number of carboxylic acids is 1. The molecular formula is C10H9NO4. The zero-order chi connectivity index (χ0) is 11.0. The van der Waals surface area contributed by atoms with Crippen LogP contribution in [0.2, 0.25) is 0 Å². The lowest BCUT2D eigenvalue weighted by molar-refractivity contribution is 0.0697. The summed E-state index contributed by atoms with van der Waals surface area (Å²) in [7, 11) is 0. The molecule has 0 aliphatic heterocycles. The predicted molar refractivity (Wildman–Crippen MR) is 53.1 cm³/mol. The molecule has 1 aromatic heterocycles. The van der Waals surface area contributed by atoms with Gasteiger partial charge in [-0.1, -0.05) is 6.07 Å². The number of rotatable bonds is 2. The highest BCUT2D eigenvalue weighted by atomic mass is 16.5. The lowest BCUT2D eigenvalue weighted by Gasteiger charge is -2.00. The van der Waals surface area contributed by atoms with E-state index in [4.69, 9.17) is 9.63 Å². The van der Waals surface area contributed by atoms with Crippen molar-refractivity contribution in [2.24, 2.45) is 0 Å². The van der Waals surface area contributed by atoms with Gasteiger partial charge in [0.05, 0.1) is 17.5 Å². The number of fused-ring (bicyclic) bond motifs is 1. The molecule has 0 bridgehead atoms. The predicted octanol–water partition coefficient (Wildman–Crippen LogP) is 1.31. The summed E-state index contributed by atoms with van der Waals surface area (Å²) < 4.78 is 6.20. The van der Waals surface area contributed by atoms with E-state index in [0.29, 0.717) is 17.4 Å². The average molecular weight is 207 g/mol. The van der Waals surface area contributed by atoms with Gasteiger partial charge in [-0.3, -0.25) is 0 Å². The number of carbonyl (C=O) groups is 1. The van der Waals surface area contributed by atoms with Gasteiger partial charge in [0.1, 0.15) is 5.52 Å². The van der Waals surface area contributed by atoms with Crippen molar-refractivity contribution < 1.29 is 14.4 Å². The van der Waals surface area contributed by atoms with Crippen molar-refractivity contribution in [1.29, 1.82) is 0 Å². The van der Waals surface area contributed by atoms with Crippen molar-refractivity contribution in [3.8, 4) is 0 Å². The maximum Gasteiger partial charge on any atom is 0.365 e. The summed E-state index contributed by atoms with van der Waals surface area (Å²) in [5, 5.41) is 9.26. The Hall–Kier alpha value is -2.04. The molecule has 0 atom stereocenters. The van der Waals surface area contributed by atoms with Crippen LogP contribution in [-0.4, -0.2) is 15.8 Å². The van der Waals surface area contributed by atoms with Gasteiger partial charge in [-0.15, -0.1) is 0 Å². The fourth-order valence-corrected chi connectivity index (χ4v) is 1.57. The lowest BCUT2D eigenvalue weighted by atomic mass is 10.1. The van der Waals surface area contributed by atoms with E-state index in [1.54, 1.807) is 13.0 Å². The van der Waals surface area contributed by atoms with Gasteiger partial charge in [0.2, 0.25) is 0 Å². The molecule has 0 aliphatic carbocycles. The third kappa shape index (κ3) is 1.32. The Morgan fingerprint density at radius 2 is 2.27 bits per heavy atom. The molecule has 78 valence electrons. The molecule has 1 aromatic carbocycles. The molecule has 0 aliphatic rings. The van der Waals surface area contributed by atoms with Crippen LogP contribution in [0.4, 0.5) is 0 Å². The molecule has 1 N–H and O–H groups in total. The van der Waals surface area contributed by atoms with E-state index in [9.17, 15) is 9.59 Å². The summed E-state index contributed by atoms with van der Waals surface area (Å²) >= 11 is 0.